The lowest BCUT2D eigenvalue weighted by Crippen LogP contribution is -2.55. The Kier molecular flexibility index (Phi) is 7.56. The number of carbonyl (C=O) groups is 3. The number of carbonyl (C=O) groups excluding carboxylic acids is 3. The van der Waals surface area contributed by atoms with Crippen LogP contribution in [-0.2, 0) is 14.3 Å². The maximum Gasteiger partial charge on any atom is 0.310 e. The number of nitrogens with one attached hydrogen (secondary N) is 2. The molecular weight excluding hydrogens is 464 g/mol. The average molecular weight is 499 g/mol. The number of esters is 1. The van der Waals surface area contributed by atoms with Gasteiger partial charge < -0.3 is 20.3 Å². The second-order valence-electron chi connectivity index (χ2n) is 10.4. The van der Waals surface area contributed by atoms with Crippen molar-refractivity contribution in [3.63, 3.8) is 0 Å². The predicted octanol–water partition coefficient (Wildman–Crippen LogP) is 3.24. The summed E-state index contributed by atoms with van der Waals surface area (Å²) in [6, 6.07) is 9.03. The van der Waals surface area contributed by atoms with Gasteiger partial charge in [-0.25, -0.2) is 4.98 Å². The van der Waals surface area contributed by atoms with E-state index in [1.165, 1.54) is 18.4 Å². The highest BCUT2D eigenvalue weighted by atomic mass is 32.1. The molecule has 0 spiro atoms. The summed E-state index contributed by atoms with van der Waals surface area (Å²) in [6.45, 7) is 6.82. The minimum atomic E-state index is -0.618. The molecule has 0 bridgehead atoms. The zero-order valence-corrected chi connectivity index (χ0v) is 21.6. The molecule has 1 aliphatic carbocycles. The fraction of sp³-hybridized carbons (Fsp3) is 0.538. The predicted molar refractivity (Wildman–Crippen MR) is 135 cm³/mol. The van der Waals surface area contributed by atoms with Crippen LogP contribution in [0.15, 0.2) is 35.7 Å². The van der Waals surface area contributed by atoms with Crippen LogP contribution in [0.1, 0.15) is 56.9 Å². The van der Waals surface area contributed by atoms with Gasteiger partial charge in [0.25, 0.3) is 5.91 Å². The largest absolute Gasteiger partial charge is 0.469 e. The molecule has 2 heterocycles. The molecule has 8 nitrogen and oxygen atoms in total. The molecule has 1 aromatic heterocycles. The third-order valence-electron chi connectivity index (χ3n) is 6.66. The van der Waals surface area contributed by atoms with Gasteiger partial charge in [-0.1, -0.05) is 30.3 Å². The number of hydrogen-bond acceptors (Lipinski definition) is 7. The molecule has 4 atom stereocenters. The molecule has 2 amide bonds. The molecule has 1 saturated heterocycles. The van der Waals surface area contributed by atoms with Gasteiger partial charge in [0.05, 0.1) is 13.0 Å². The van der Waals surface area contributed by atoms with Crippen LogP contribution in [0.2, 0.25) is 0 Å². The highest BCUT2D eigenvalue weighted by Crippen LogP contribution is 2.33. The van der Waals surface area contributed by atoms with Gasteiger partial charge in [0.2, 0.25) is 5.91 Å². The van der Waals surface area contributed by atoms with E-state index in [0.29, 0.717) is 31.5 Å². The van der Waals surface area contributed by atoms with Crippen molar-refractivity contribution in [2.75, 3.05) is 13.7 Å². The summed E-state index contributed by atoms with van der Waals surface area (Å²) in [5.74, 6) is -1.17. The fourth-order valence-electron chi connectivity index (χ4n) is 5.16. The molecule has 2 aromatic rings. The van der Waals surface area contributed by atoms with E-state index in [4.69, 9.17) is 4.74 Å². The molecule has 188 valence electrons. The highest BCUT2D eigenvalue weighted by Gasteiger charge is 2.45. The van der Waals surface area contributed by atoms with Crippen molar-refractivity contribution in [2.24, 2.45) is 5.92 Å². The van der Waals surface area contributed by atoms with Crippen LogP contribution >= 0.6 is 11.3 Å². The third kappa shape index (κ3) is 5.90. The SMILES string of the molecule is COC(=O)[C@@H]1C[C@H](NC(C)(C)C)CC[C@@H]1N1CCC(NC(=O)c2csc(-c3ccccc3)n2)C1=O. The van der Waals surface area contributed by atoms with Crippen LogP contribution in [0.5, 0.6) is 0 Å². The van der Waals surface area contributed by atoms with Crippen molar-refractivity contribution in [3.8, 4) is 10.6 Å². The maximum atomic E-state index is 13.3. The first-order valence-electron chi connectivity index (χ1n) is 12.1. The Bertz CT molecular complexity index is 1060. The van der Waals surface area contributed by atoms with Gasteiger partial charge in [-0.05, 0) is 46.5 Å². The molecule has 1 aliphatic heterocycles. The molecular formula is C26H34N4O4S. The van der Waals surface area contributed by atoms with E-state index in [2.05, 4.69) is 36.4 Å². The lowest BCUT2D eigenvalue weighted by Gasteiger charge is -2.41. The molecule has 9 heteroatoms. The number of thiazole rings is 1. The average Bonchev–Trinajstić information content (AvgIpc) is 3.46. The van der Waals surface area contributed by atoms with E-state index in [9.17, 15) is 14.4 Å². The van der Waals surface area contributed by atoms with Crippen LogP contribution in [-0.4, -0.2) is 65.0 Å². The van der Waals surface area contributed by atoms with Crippen molar-refractivity contribution in [1.82, 2.24) is 20.5 Å². The lowest BCUT2D eigenvalue weighted by atomic mass is 9.80. The van der Waals surface area contributed by atoms with E-state index >= 15 is 0 Å². The van der Waals surface area contributed by atoms with Crippen LogP contribution in [0, 0.1) is 5.92 Å². The highest BCUT2D eigenvalue weighted by molar-refractivity contribution is 7.13. The van der Waals surface area contributed by atoms with Crippen molar-refractivity contribution in [3.05, 3.63) is 41.4 Å². The van der Waals surface area contributed by atoms with E-state index < -0.39 is 6.04 Å². The van der Waals surface area contributed by atoms with Crippen molar-refractivity contribution in [1.29, 1.82) is 0 Å². The Morgan fingerprint density at radius 2 is 1.89 bits per heavy atom. The smallest absolute Gasteiger partial charge is 0.310 e. The number of hydrogen-bond donors (Lipinski definition) is 2. The molecule has 2 aliphatic rings. The van der Waals surface area contributed by atoms with Gasteiger partial charge in [0.15, 0.2) is 0 Å². The summed E-state index contributed by atoms with van der Waals surface area (Å²) < 4.78 is 5.10. The number of aromatic nitrogens is 1. The molecule has 35 heavy (non-hydrogen) atoms. The number of ether oxygens (including phenoxy) is 1. The second-order valence-corrected chi connectivity index (χ2v) is 11.2. The quantitative estimate of drug-likeness (QED) is 0.593. The van der Waals surface area contributed by atoms with Crippen molar-refractivity contribution < 1.29 is 19.1 Å². The number of benzene rings is 1. The van der Waals surface area contributed by atoms with Crippen LogP contribution in [0.3, 0.4) is 0 Å². The van der Waals surface area contributed by atoms with Gasteiger partial charge in [-0.2, -0.15) is 0 Å². The number of amides is 2. The molecule has 1 unspecified atom stereocenters. The van der Waals surface area contributed by atoms with Gasteiger partial charge in [0, 0.05) is 35.1 Å². The number of methoxy groups -OCH3 is 1. The Morgan fingerprint density at radius 3 is 2.57 bits per heavy atom. The third-order valence-corrected chi connectivity index (χ3v) is 7.55. The molecule has 2 fully saturated rings. The monoisotopic (exact) mass is 498 g/mol. The Morgan fingerprint density at radius 1 is 1.14 bits per heavy atom. The molecule has 2 N–H and O–H groups in total. The first-order chi connectivity index (χ1) is 16.7. The first kappa shape index (κ1) is 25.3. The van der Waals surface area contributed by atoms with Gasteiger partial charge in [0.1, 0.15) is 16.7 Å². The summed E-state index contributed by atoms with van der Waals surface area (Å²) in [6.07, 6.45) is 2.72. The molecule has 1 aromatic carbocycles. The zero-order chi connectivity index (χ0) is 25.2. The van der Waals surface area contributed by atoms with E-state index in [0.717, 1.165) is 17.0 Å². The summed E-state index contributed by atoms with van der Waals surface area (Å²) in [7, 11) is 1.40. The van der Waals surface area contributed by atoms with Crippen LogP contribution in [0.25, 0.3) is 10.6 Å². The molecule has 4 rings (SSSR count). The second kappa shape index (κ2) is 10.5. The maximum absolute atomic E-state index is 13.3. The molecule has 1 saturated carbocycles. The summed E-state index contributed by atoms with van der Waals surface area (Å²) in [5, 5.41) is 8.92. The van der Waals surface area contributed by atoms with E-state index in [1.54, 1.807) is 10.3 Å². The Hall–Kier alpha value is -2.78. The standard InChI is InChI=1S/C26H34N4O4S/c1-26(2,3)29-17-10-11-21(18(14-17)25(33)34-4)30-13-12-19(24(30)32)27-22(31)20-15-35-23(28-20)16-8-6-5-7-9-16/h5-9,15,17-19,21,29H,10-14H2,1-4H3,(H,27,31)/t17-,18-,19?,21+/m1/s1. The lowest BCUT2D eigenvalue weighted by molar-refractivity contribution is -0.151. The van der Waals surface area contributed by atoms with Crippen molar-refractivity contribution in [2.45, 2.75) is 70.1 Å². The minimum absolute atomic E-state index is 0.0624. The Labute approximate surface area is 210 Å². The summed E-state index contributed by atoms with van der Waals surface area (Å²) >= 11 is 1.40. The van der Waals surface area contributed by atoms with Crippen LogP contribution < -0.4 is 10.6 Å². The van der Waals surface area contributed by atoms with E-state index in [1.807, 2.05) is 30.3 Å². The number of nitrogens with zero attached hydrogens (tertiary/aromatic N) is 2. The van der Waals surface area contributed by atoms with Gasteiger partial charge in [-0.15, -0.1) is 11.3 Å². The minimum Gasteiger partial charge on any atom is -0.469 e. The van der Waals surface area contributed by atoms with E-state index in [-0.39, 0.29) is 41.3 Å². The van der Waals surface area contributed by atoms with Crippen LogP contribution in [0.4, 0.5) is 0 Å². The fourth-order valence-corrected chi connectivity index (χ4v) is 5.97. The number of likely N-dealkylation sites (tertiary alicyclic amines) is 1. The van der Waals surface area contributed by atoms with Crippen molar-refractivity contribution >= 4 is 29.1 Å². The summed E-state index contributed by atoms with van der Waals surface area (Å²) in [4.78, 5) is 45.0. The van der Waals surface area contributed by atoms with Gasteiger partial charge in [-0.3, -0.25) is 14.4 Å². The zero-order valence-electron chi connectivity index (χ0n) is 20.7. The summed E-state index contributed by atoms with van der Waals surface area (Å²) in [5.41, 5.74) is 1.19. The molecule has 0 radical (unpaired) electrons. The topological polar surface area (TPSA) is 101 Å². The Balaban J connectivity index is 1.41. The first-order valence-corrected chi connectivity index (χ1v) is 13.0. The normalized spacial score (nSPS) is 24.9. The number of rotatable bonds is 6. The van der Waals surface area contributed by atoms with Gasteiger partial charge >= 0.3 is 5.97 Å².